The van der Waals surface area contributed by atoms with Crippen LogP contribution in [-0.2, 0) is 32.1 Å². The molecule has 7 nitrogen and oxygen atoms in total. The van der Waals surface area contributed by atoms with E-state index in [0.717, 1.165) is 11.1 Å². The lowest BCUT2D eigenvalue weighted by molar-refractivity contribution is -0.142. The first-order valence-electron chi connectivity index (χ1n) is 8.93. The lowest BCUT2D eigenvalue weighted by Crippen LogP contribution is -2.44. The molecule has 0 aromatic heterocycles. The summed E-state index contributed by atoms with van der Waals surface area (Å²) in [6, 6.07) is 15.9. The minimum atomic E-state index is -1.11. The zero-order valence-corrected chi connectivity index (χ0v) is 15.8. The van der Waals surface area contributed by atoms with Crippen LogP contribution >= 0.6 is 0 Å². The summed E-state index contributed by atoms with van der Waals surface area (Å²) >= 11 is 0. The highest BCUT2D eigenvalue weighted by Gasteiger charge is 2.20. The molecule has 2 N–H and O–H groups in total. The predicted octanol–water partition coefficient (Wildman–Crippen LogP) is 2.04. The normalized spacial score (nSPS) is 11.6. The van der Waals surface area contributed by atoms with Crippen molar-refractivity contribution in [2.45, 2.75) is 19.1 Å². The topological polar surface area (TPSA) is 94.1 Å². The van der Waals surface area contributed by atoms with E-state index in [4.69, 9.17) is 14.2 Å². The van der Waals surface area contributed by atoms with Gasteiger partial charge >= 0.3 is 5.97 Å². The fourth-order valence-electron chi connectivity index (χ4n) is 2.48. The molecule has 150 valence electrons. The summed E-state index contributed by atoms with van der Waals surface area (Å²) in [5.74, 6) is -0.958. The van der Waals surface area contributed by atoms with Gasteiger partial charge in [-0.3, -0.25) is 4.79 Å². The number of benzene rings is 2. The second kappa shape index (κ2) is 11.7. The molecule has 0 heterocycles. The highest BCUT2D eigenvalue weighted by molar-refractivity contribution is 5.84. The monoisotopic (exact) mass is 387 g/mol. The lowest BCUT2D eigenvalue weighted by Gasteiger charge is -2.15. The van der Waals surface area contributed by atoms with Gasteiger partial charge < -0.3 is 24.6 Å². The number of carboxylic acids is 1. The summed E-state index contributed by atoms with van der Waals surface area (Å²) in [6.07, 6.45) is 0.141. The van der Waals surface area contributed by atoms with Gasteiger partial charge in [0.25, 0.3) is 0 Å². The molecular weight excluding hydrogens is 362 g/mol. The number of carboxylic acid groups (broad SMARTS) is 1. The number of methoxy groups -OCH3 is 1. The van der Waals surface area contributed by atoms with Gasteiger partial charge in [-0.2, -0.15) is 0 Å². The SMILES string of the molecule is COCCOCC(=O)N[C@H](Cc1cccc(OCc2ccccc2)c1)C(=O)O. The van der Waals surface area contributed by atoms with Crippen molar-refractivity contribution in [3.63, 3.8) is 0 Å². The standard InChI is InChI=1S/C21H25NO6/c1-26-10-11-27-15-20(23)22-19(21(24)25)13-17-8-5-9-18(12-17)28-14-16-6-3-2-4-7-16/h2-9,12,19H,10-11,13-15H2,1H3,(H,22,23)(H,24,25)/t19-/m1/s1. The van der Waals surface area contributed by atoms with E-state index in [1.54, 1.807) is 18.2 Å². The number of nitrogens with one attached hydrogen (secondary N) is 1. The largest absolute Gasteiger partial charge is 0.489 e. The number of ether oxygens (including phenoxy) is 3. The zero-order valence-electron chi connectivity index (χ0n) is 15.8. The van der Waals surface area contributed by atoms with Gasteiger partial charge in [-0.15, -0.1) is 0 Å². The Labute approximate surface area is 164 Å². The first-order valence-corrected chi connectivity index (χ1v) is 8.93. The van der Waals surface area contributed by atoms with Crippen molar-refractivity contribution in [2.75, 3.05) is 26.9 Å². The van der Waals surface area contributed by atoms with E-state index in [-0.39, 0.29) is 19.6 Å². The van der Waals surface area contributed by atoms with E-state index >= 15 is 0 Å². The van der Waals surface area contributed by atoms with Gasteiger partial charge in [-0.25, -0.2) is 4.79 Å². The zero-order chi connectivity index (χ0) is 20.2. The predicted molar refractivity (Wildman–Crippen MR) is 103 cm³/mol. The van der Waals surface area contributed by atoms with Crippen LogP contribution in [-0.4, -0.2) is 50.0 Å². The Kier molecular flexibility index (Phi) is 8.97. The summed E-state index contributed by atoms with van der Waals surface area (Å²) in [5, 5.41) is 11.9. The second-order valence-corrected chi connectivity index (χ2v) is 6.13. The molecule has 0 radical (unpaired) electrons. The molecule has 0 fully saturated rings. The van der Waals surface area contributed by atoms with Crippen molar-refractivity contribution in [1.82, 2.24) is 5.32 Å². The molecule has 2 rings (SSSR count). The minimum Gasteiger partial charge on any atom is -0.489 e. The molecule has 0 spiro atoms. The van der Waals surface area contributed by atoms with Crippen LogP contribution in [0.5, 0.6) is 5.75 Å². The molecule has 0 saturated carbocycles. The molecule has 0 saturated heterocycles. The molecule has 28 heavy (non-hydrogen) atoms. The maximum atomic E-state index is 11.9. The number of carbonyl (C=O) groups excluding carboxylic acids is 1. The van der Waals surface area contributed by atoms with E-state index in [9.17, 15) is 14.7 Å². The fourth-order valence-corrected chi connectivity index (χ4v) is 2.48. The Morgan fingerprint density at radius 1 is 1.04 bits per heavy atom. The van der Waals surface area contributed by atoms with Gasteiger partial charge in [0, 0.05) is 13.5 Å². The number of amides is 1. The molecule has 1 amide bonds. The van der Waals surface area contributed by atoms with Crippen LogP contribution in [0.4, 0.5) is 0 Å². The van der Waals surface area contributed by atoms with Crippen LogP contribution < -0.4 is 10.1 Å². The minimum absolute atomic E-state index is 0.141. The number of aliphatic carboxylic acids is 1. The summed E-state index contributed by atoms with van der Waals surface area (Å²) in [4.78, 5) is 23.4. The third kappa shape index (κ3) is 7.77. The summed E-state index contributed by atoms with van der Waals surface area (Å²) in [7, 11) is 1.53. The highest BCUT2D eigenvalue weighted by atomic mass is 16.5. The van der Waals surface area contributed by atoms with Crippen LogP contribution in [0.15, 0.2) is 54.6 Å². The smallest absolute Gasteiger partial charge is 0.326 e. The third-order valence-corrected chi connectivity index (χ3v) is 3.88. The summed E-state index contributed by atoms with van der Waals surface area (Å²) < 4.78 is 15.7. The van der Waals surface area contributed by atoms with Crippen molar-refractivity contribution in [3.8, 4) is 5.75 Å². The number of rotatable bonds is 12. The Hall–Kier alpha value is -2.90. The van der Waals surface area contributed by atoms with Crippen molar-refractivity contribution in [2.24, 2.45) is 0 Å². The van der Waals surface area contributed by atoms with E-state index in [2.05, 4.69) is 5.32 Å². The van der Waals surface area contributed by atoms with Crippen LogP contribution in [0.25, 0.3) is 0 Å². The van der Waals surface area contributed by atoms with Gasteiger partial charge in [-0.05, 0) is 23.3 Å². The molecule has 0 aliphatic heterocycles. The van der Waals surface area contributed by atoms with Crippen molar-refractivity contribution >= 4 is 11.9 Å². The Bertz CT molecular complexity index is 750. The average molecular weight is 387 g/mol. The van der Waals surface area contributed by atoms with E-state index in [1.807, 2.05) is 36.4 Å². The average Bonchev–Trinajstić information content (AvgIpc) is 2.70. The molecule has 2 aromatic carbocycles. The molecule has 2 aromatic rings. The van der Waals surface area contributed by atoms with Crippen LogP contribution in [0.2, 0.25) is 0 Å². The van der Waals surface area contributed by atoms with Gasteiger partial charge in [0.2, 0.25) is 5.91 Å². The van der Waals surface area contributed by atoms with Crippen LogP contribution in [0, 0.1) is 0 Å². The molecule has 7 heteroatoms. The maximum absolute atomic E-state index is 11.9. The number of hydrogen-bond acceptors (Lipinski definition) is 5. The maximum Gasteiger partial charge on any atom is 0.326 e. The lowest BCUT2D eigenvalue weighted by atomic mass is 10.1. The third-order valence-electron chi connectivity index (χ3n) is 3.88. The van der Waals surface area contributed by atoms with E-state index in [0.29, 0.717) is 19.0 Å². The van der Waals surface area contributed by atoms with Gasteiger partial charge in [0.15, 0.2) is 0 Å². The summed E-state index contributed by atoms with van der Waals surface area (Å²) in [5.41, 5.74) is 1.79. The quantitative estimate of drug-likeness (QED) is 0.542. The highest BCUT2D eigenvalue weighted by Crippen LogP contribution is 2.16. The molecule has 0 unspecified atom stereocenters. The van der Waals surface area contributed by atoms with E-state index < -0.39 is 17.9 Å². The molecule has 1 atom stereocenters. The molecule has 0 aliphatic rings. The van der Waals surface area contributed by atoms with Gasteiger partial charge in [0.1, 0.15) is 25.0 Å². The van der Waals surface area contributed by atoms with E-state index in [1.165, 1.54) is 7.11 Å². The second-order valence-electron chi connectivity index (χ2n) is 6.13. The number of hydrogen-bond donors (Lipinski definition) is 2. The van der Waals surface area contributed by atoms with Crippen molar-refractivity contribution < 1.29 is 28.9 Å². The van der Waals surface area contributed by atoms with Crippen molar-refractivity contribution in [1.29, 1.82) is 0 Å². The van der Waals surface area contributed by atoms with Gasteiger partial charge in [-0.1, -0.05) is 42.5 Å². The van der Waals surface area contributed by atoms with Crippen molar-refractivity contribution in [3.05, 3.63) is 65.7 Å². The van der Waals surface area contributed by atoms with Gasteiger partial charge in [0.05, 0.1) is 13.2 Å². The van der Waals surface area contributed by atoms with Crippen LogP contribution in [0.1, 0.15) is 11.1 Å². The Morgan fingerprint density at radius 2 is 1.79 bits per heavy atom. The Balaban J connectivity index is 1.89. The van der Waals surface area contributed by atoms with Crippen LogP contribution in [0.3, 0.4) is 0 Å². The molecule has 0 bridgehead atoms. The fraction of sp³-hybridized carbons (Fsp3) is 0.333. The molecular formula is C21H25NO6. The Morgan fingerprint density at radius 3 is 2.50 bits per heavy atom. The first-order chi connectivity index (χ1) is 13.6. The molecule has 0 aliphatic carbocycles. The number of carbonyl (C=O) groups is 2. The first kappa shape index (κ1) is 21.4. The summed E-state index contributed by atoms with van der Waals surface area (Å²) in [6.45, 7) is 0.837.